The van der Waals surface area contributed by atoms with Crippen molar-refractivity contribution in [1.29, 1.82) is 0 Å². The summed E-state index contributed by atoms with van der Waals surface area (Å²) in [5.41, 5.74) is 6.01. The molecule has 0 aliphatic carbocycles. The number of benzene rings is 2. The largest absolute Gasteiger partial charge is 0.369 e. The Morgan fingerprint density at radius 1 is 0.828 bits per heavy atom. The van der Waals surface area contributed by atoms with Gasteiger partial charge in [0.05, 0.1) is 22.4 Å². The first-order valence-electron chi connectivity index (χ1n) is 9.84. The highest BCUT2D eigenvalue weighted by Gasteiger charge is 2.14. The summed E-state index contributed by atoms with van der Waals surface area (Å²) in [7, 11) is 2.15. The molecule has 2 amide bonds. The van der Waals surface area contributed by atoms with E-state index >= 15 is 0 Å². The zero-order valence-electron chi connectivity index (χ0n) is 17.1. The number of hydrogen-bond acceptors (Lipinski definition) is 5. The average molecular weight is 390 g/mol. The van der Waals surface area contributed by atoms with E-state index in [0.29, 0.717) is 5.69 Å². The minimum atomic E-state index is -0.284. The van der Waals surface area contributed by atoms with Crippen LogP contribution in [0.15, 0.2) is 42.5 Å². The number of fused-ring (bicyclic) bond motifs is 1. The quantitative estimate of drug-likeness (QED) is 0.714. The van der Waals surface area contributed by atoms with Gasteiger partial charge in [-0.2, -0.15) is 0 Å². The normalized spacial score (nSPS) is 14.8. The number of hydrogen-bond donors (Lipinski definition) is 2. The summed E-state index contributed by atoms with van der Waals surface area (Å²) in [5, 5.41) is 5.75. The number of urea groups is 1. The smallest absolute Gasteiger partial charge is 0.323 e. The number of anilines is 3. The Balaban J connectivity index is 1.39. The maximum absolute atomic E-state index is 12.4. The van der Waals surface area contributed by atoms with Gasteiger partial charge in [0.25, 0.3) is 0 Å². The van der Waals surface area contributed by atoms with E-state index in [1.165, 1.54) is 5.69 Å². The predicted octanol–water partition coefficient (Wildman–Crippen LogP) is 3.64. The number of piperazine rings is 1. The molecule has 1 aliphatic heterocycles. The van der Waals surface area contributed by atoms with E-state index in [1.54, 1.807) is 0 Å². The number of aromatic nitrogens is 2. The molecule has 29 heavy (non-hydrogen) atoms. The fourth-order valence-electron chi connectivity index (χ4n) is 3.42. The van der Waals surface area contributed by atoms with Crippen molar-refractivity contribution in [1.82, 2.24) is 14.9 Å². The van der Waals surface area contributed by atoms with E-state index in [9.17, 15) is 4.79 Å². The summed E-state index contributed by atoms with van der Waals surface area (Å²) in [6.07, 6.45) is 0. The Labute approximate surface area is 170 Å². The number of amides is 2. The van der Waals surface area contributed by atoms with Gasteiger partial charge in [0.2, 0.25) is 0 Å². The zero-order valence-corrected chi connectivity index (χ0v) is 17.1. The van der Waals surface area contributed by atoms with Crippen LogP contribution < -0.4 is 15.5 Å². The standard InChI is InChI=1S/C22H26N6O/c1-15-16(2)24-21-14-18(6-9-20(21)23-15)26-22(29)25-17-4-7-19(8-5-17)28-12-10-27(3)11-13-28/h4-9,14H,10-13H2,1-3H3,(H2,25,26,29). The summed E-state index contributed by atoms with van der Waals surface area (Å²) < 4.78 is 0. The summed E-state index contributed by atoms with van der Waals surface area (Å²) in [5.74, 6) is 0. The fraction of sp³-hybridized carbons (Fsp3) is 0.318. The van der Waals surface area contributed by atoms with E-state index in [-0.39, 0.29) is 6.03 Å². The molecule has 4 rings (SSSR count). The maximum Gasteiger partial charge on any atom is 0.323 e. The Hall–Kier alpha value is -3.19. The Morgan fingerprint density at radius 3 is 2.10 bits per heavy atom. The summed E-state index contributed by atoms with van der Waals surface area (Å²) in [4.78, 5) is 26.1. The zero-order chi connectivity index (χ0) is 20.4. The maximum atomic E-state index is 12.4. The minimum Gasteiger partial charge on any atom is -0.369 e. The molecule has 2 heterocycles. The van der Waals surface area contributed by atoms with Crippen LogP contribution in [0.1, 0.15) is 11.4 Å². The molecule has 0 atom stereocenters. The Bertz CT molecular complexity index is 1030. The van der Waals surface area contributed by atoms with Crippen molar-refractivity contribution in [2.45, 2.75) is 13.8 Å². The van der Waals surface area contributed by atoms with Crippen LogP contribution in [0, 0.1) is 13.8 Å². The third-order valence-electron chi connectivity index (χ3n) is 5.33. The molecule has 7 nitrogen and oxygen atoms in total. The second-order valence-electron chi connectivity index (χ2n) is 7.51. The van der Waals surface area contributed by atoms with Crippen LogP contribution in [0.5, 0.6) is 0 Å². The number of carbonyl (C=O) groups is 1. The highest BCUT2D eigenvalue weighted by Crippen LogP contribution is 2.20. The first-order chi connectivity index (χ1) is 14.0. The fourth-order valence-corrected chi connectivity index (χ4v) is 3.42. The Morgan fingerprint density at radius 2 is 1.41 bits per heavy atom. The second kappa shape index (κ2) is 8.05. The van der Waals surface area contributed by atoms with Crippen LogP contribution in [-0.4, -0.2) is 54.1 Å². The van der Waals surface area contributed by atoms with Crippen molar-refractivity contribution in [3.63, 3.8) is 0 Å². The van der Waals surface area contributed by atoms with Gasteiger partial charge < -0.3 is 20.4 Å². The summed E-state index contributed by atoms with van der Waals surface area (Å²) in [6.45, 7) is 8.05. The molecule has 0 saturated carbocycles. The van der Waals surface area contributed by atoms with Crippen LogP contribution in [0.4, 0.5) is 21.9 Å². The predicted molar refractivity (Wildman–Crippen MR) is 118 cm³/mol. The molecular weight excluding hydrogens is 364 g/mol. The van der Waals surface area contributed by atoms with Crippen LogP contribution in [-0.2, 0) is 0 Å². The molecule has 1 aromatic heterocycles. The first-order valence-corrected chi connectivity index (χ1v) is 9.84. The molecule has 0 unspecified atom stereocenters. The van der Waals surface area contributed by atoms with Gasteiger partial charge in [0.15, 0.2) is 0 Å². The van der Waals surface area contributed by atoms with Crippen LogP contribution in [0.3, 0.4) is 0 Å². The lowest BCUT2D eigenvalue weighted by Gasteiger charge is -2.34. The van der Waals surface area contributed by atoms with E-state index in [0.717, 1.165) is 54.3 Å². The molecule has 150 valence electrons. The third kappa shape index (κ3) is 4.46. The number of rotatable bonds is 3. The molecule has 1 saturated heterocycles. The molecule has 1 aliphatic rings. The van der Waals surface area contributed by atoms with E-state index in [1.807, 2.05) is 44.2 Å². The lowest BCUT2D eigenvalue weighted by Crippen LogP contribution is -2.44. The second-order valence-corrected chi connectivity index (χ2v) is 7.51. The van der Waals surface area contributed by atoms with Gasteiger partial charge in [-0.25, -0.2) is 14.8 Å². The summed E-state index contributed by atoms with van der Waals surface area (Å²) >= 11 is 0. The molecule has 2 N–H and O–H groups in total. The molecule has 2 aromatic carbocycles. The van der Waals surface area contributed by atoms with Crippen LogP contribution in [0.25, 0.3) is 11.0 Å². The molecule has 3 aromatic rings. The summed E-state index contributed by atoms with van der Waals surface area (Å²) in [6, 6.07) is 13.2. The molecule has 0 spiro atoms. The highest BCUT2D eigenvalue weighted by molar-refractivity contribution is 6.00. The molecule has 0 bridgehead atoms. The number of aryl methyl sites for hydroxylation is 2. The molecule has 7 heteroatoms. The van der Waals surface area contributed by atoms with Gasteiger partial charge in [-0.15, -0.1) is 0 Å². The van der Waals surface area contributed by atoms with Crippen molar-refractivity contribution in [3.05, 3.63) is 53.9 Å². The van der Waals surface area contributed by atoms with Gasteiger partial charge in [0, 0.05) is 43.2 Å². The van der Waals surface area contributed by atoms with Crippen molar-refractivity contribution in [2.75, 3.05) is 48.8 Å². The van der Waals surface area contributed by atoms with Crippen molar-refractivity contribution >= 4 is 34.1 Å². The van der Waals surface area contributed by atoms with E-state index in [4.69, 9.17) is 0 Å². The van der Waals surface area contributed by atoms with Gasteiger partial charge in [-0.05, 0) is 63.4 Å². The SMILES string of the molecule is Cc1nc2ccc(NC(=O)Nc3ccc(N4CCN(C)CC4)cc3)cc2nc1C. The number of carbonyl (C=O) groups excluding carboxylic acids is 1. The van der Waals surface area contributed by atoms with Crippen LogP contribution >= 0.6 is 0 Å². The van der Waals surface area contributed by atoms with Crippen LogP contribution in [0.2, 0.25) is 0 Å². The van der Waals surface area contributed by atoms with Gasteiger partial charge in [-0.3, -0.25) is 0 Å². The number of nitrogens with one attached hydrogen (secondary N) is 2. The van der Waals surface area contributed by atoms with Crippen molar-refractivity contribution < 1.29 is 4.79 Å². The third-order valence-corrected chi connectivity index (χ3v) is 5.33. The first kappa shape index (κ1) is 19.1. The number of nitrogens with zero attached hydrogens (tertiary/aromatic N) is 4. The van der Waals surface area contributed by atoms with E-state index < -0.39 is 0 Å². The lowest BCUT2D eigenvalue weighted by molar-refractivity contribution is 0.262. The Kier molecular flexibility index (Phi) is 5.31. The lowest BCUT2D eigenvalue weighted by atomic mass is 10.2. The van der Waals surface area contributed by atoms with Crippen molar-refractivity contribution in [2.24, 2.45) is 0 Å². The van der Waals surface area contributed by atoms with Gasteiger partial charge in [-0.1, -0.05) is 0 Å². The molecular formula is C22H26N6O. The minimum absolute atomic E-state index is 0.284. The molecule has 0 radical (unpaired) electrons. The highest BCUT2D eigenvalue weighted by atomic mass is 16.2. The number of likely N-dealkylation sites (N-methyl/N-ethyl adjacent to an activating group) is 1. The van der Waals surface area contributed by atoms with E-state index in [2.05, 4.69) is 49.6 Å². The topological polar surface area (TPSA) is 73.4 Å². The van der Waals surface area contributed by atoms with Gasteiger partial charge >= 0.3 is 6.03 Å². The van der Waals surface area contributed by atoms with Gasteiger partial charge in [0.1, 0.15) is 0 Å². The van der Waals surface area contributed by atoms with Crippen molar-refractivity contribution in [3.8, 4) is 0 Å². The monoisotopic (exact) mass is 390 g/mol. The average Bonchev–Trinajstić information content (AvgIpc) is 2.70. The molecule has 1 fully saturated rings.